The first-order valence-corrected chi connectivity index (χ1v) is 9.09. The van der Waals surface area contributed by atoms with Gasteiger partial charge in [0, 0.05) is 0 Å². The van der Waals surface area contributed by atoms with Crippen molar-refractivity contribution in [2.45, 2.75) is 75.7 Å². The molecular formula is C26H48. The minimum Gasteiger partial charge on any atom is -0.103 e. The molecule has 0 atom stereocenters. The highest BCUT2D eigenvalue weighted by atomic mass is 14.0. The third kappa shape index (κ3) is 24.7. The molecule has 0 aliphatic carbocycles. The molecule has 0 radical (unpaired) electrons. The minimum absolute atomic E-state index is 0. The van der Waals surface area contributed by atoms with Crippen molar-refractivity contribution in [2.24, 2.45) is 17.8 Å². The van der Waals surface area contributed by atoms with Crippen molar-refractivity contribution in [1.82, 2.24) is 0 Å². The molecule has 0 heteroatoms. The number of allylic oxidation sites excluding steroid dienone is 7. The molecule has 0 aliphatic heterocycles. The fraction of sp³-hybridized carbons (Fsp3) is 0.538. The molecule has 0 heterocycles. The summed E-state index contributed by atoms with van der Waals surface area (Å²) in [6.45, 7) is 35.3. The van der Waals surface area contributed by atoms with Crippen LogP contribution in [0.4, 0.5) is 0 Å². The van der Waals surface area contributed by atoms with Gasteiger partial charge in [0.25, 0.3) is 0 Å². The molecule has 0 N–H and O–H groups in total. The average Bonchev–Trinajstić information content (AvgIpc) is 2.46. The predicted octanol–water partition coefficient (Wildman–Crippen LogP) is 9.35. The van der Waals surface area contributed by atoms with Crippen molar-refractivity contribution >= 4 is 0 Å². The lowest BCUT2D eigenvalue weighted by Crippen LogP contribution is -1.88. The van der Waals surface area contributed by atoms with E-state index in [9.17, 15) is 0 Å². The first-order valence-electron chi connectivity index (χ1n) is 10.1. The van der Waals surface area contributed by atoms with Gasteiger partial charge in [-0.25, -0.2) is 0 Å². The zero-order valence-electron chi connectivity index (χ0n) is 20.3. The minimum atomic E-state index is 0. The summed E-state index contributed by atoms with van der Waals surface area (Å²) < 4.78 is 14.1. The van der Waals surface area contributed by atoms with Crippen LogP contribution < -0.4 is 0 Å². The van der Waals surface area contributed by atoms with Gasteiger partial charge in [-0.1, -0.05) is 109 Å². The lowest BCUT2D eigenvalue weighted by Gasteiger charge is -2.03. The summed E-state index contributed by atoms with van der Waals surface area (Å²) in [4.78, 5) is 0. The molecule has 0 amide bonds. The molecule has 26 heavy (non-hydrogen) atoms. The van der Waals surface area contributed by atoms with Gasteiger partial charge < -0.3 is 0 Å². The second kappa shape index (κ2) is 19.8. The Morgan fingerprint density at radius 2 is 1.08 bits per heavy atom. The lowest BCUT2D eigenvalue weighted by molar-refractivity contribution is 0.752. The van der Waals surface area contributed by atoms with Crippen molar-refractivity contribution in [3.63, 3.8) is 0 Å². The maximum atomic E-state index is 7.05. The standard InChI is InChI=1S/C9H16.2C8H14.CH4/c1-7(2)6-9(5)8(3)4;2*1-5-6-8(4)7(2)3;/h6,8H,5H2,1-4H3;2*5,7H,1,4,6H2,2-3H3;1H4/i;2*5D;. The van der Waals surface area contributed by atoms with Crippen LogP contribution in [0.1, 0.15) is 78.4 Å². The van der Waals surface area contributed by atoms with E-state index in [-0.39, 0.29) is 7.43 Å². The SMILES string of the molecule is C.C=C(C=C(C)C)C(C)C.[2H]C(=C)CC(=C)C(C)C.[2H]C(=C)CC(=C)C(C)C. The van der Waals surface area contributed by atoms with Crippen LogP contribution in [0.5, 0.6) is 0 Å². The predicted molar refractivity (Wildman–Crippen MR) is 128 cm³/mol. The van der Waals surface area contributed by atoms with E-state index in [4.69, 9.17) is 2.74 Å². The monoisotopic (exact) mass is 362 g/mol. The Balaban J connectivity index is -0.000000152. The van der Waals surface area contributed by atoms with Crippen LogP contribution in [0.25, 0.3) is 0 Å². The van der Waals surface area contributed by atoms with Gasteiger partial charge in [-0.3, -0.25) is 0 Å². The first-order chi connectivity index (χ1) is 12.1. The second-order valence-electron chi connectivity index (χ2n) is 7.43. The molecule has 0 rings (SSSR count). The number of hydrogen-bond acceptors (Lipinski definition) is 0. The van der Waals surface area contributed by atoms with Crippen molar-refractivity contribution in [2.75, 3.05) is 0 Å². The molecule has 0 aromatic heterocycles. The summed E-state index contributed by atoms with van der Waals surface area (Å²) in [5.41, 5.74) is 4.73. The largest absolute Gasteiger partial charge is 0.103 e. The first kappa shape index (κ1) is 26.7. The zero-order valence-corrected chi connectivity index (χ0v) is 18.3. The van der Waals surface area contributed by atoms with Gasteiger partial charge in [-0.15, -0.1) is 13.2 Å². The molecule has 0 nitrogen and oxygen atoms in total. The smallest absolute Gasteiger partial charge is 0.0573 e. The van der Waals surface area contributed by atoms with Crippen molar-refractivity contribution in [1.29, 1.82) is 0 Å². The van der Waals surface area contributed by atoms with Crippen LogP contribution in [0.2, 0.25) is 0 Å². The highest BCUT2D eigenvalue weighted by Crippen LogP contribution is 2.11. The van der Waals surface area contributed by atoms with Crippen LogP contribution in [-0.2, 0) is 0 Å². The highest BCUT2D eigenvalue weighted by molar-refractivity contribution is 5.19. The Morgan fingerprint density at radius 3 is 1.15 bits per heavy atom. The van der Waals surface area contributed by atoms with Crippen molar-refractivity contribution in [3.8, 4) is 0 Å². The maximum absolute atomic E-state index is 7.05. The van der Waals surface area contributed by atoms with Crippen LogP contribution >= 0.6 is 0 Å². The third-order valence-corrected chi connectivity index (χ3v) is 3.55. The summed E-state index contributed by atoms with van der Waals surface area (Å²) in [5, 5.41) is 0. The molecule has 0 saturated carbocycles. The summed E-state index contributed by atoms with van der Waals surface area (Å²) >= 11 is 0. The second-order valence-corrected chi connectivity index (χ2v) is 7.43. The molecule has 0 unspecified atom stereocenters. The van der Waals surface area contributed by atoms with Crippen LogP contribution in [0.3, 0.4) is 0 Å². The molecule has 0 aromatic carbocycles. The van der Waals surface area contributed by atoms with Gasteiger partial charge in [0.2, 0.25) is 0 Å². The zero-order chi connectivity index (χ0) is 22.3. The number of hydrogen-bond donors (Lipinski definition) is 0. The van der Waals surface area contributed by atoms with Crippen molar-refractivity contribution in [3.05, 3.63) is 73.4 Å². The van der Waals surface area contributed by atoms with E-state index in [1.54, 1.807) is 0 Å². The van der Waals surface area contributed by atoms with Gasteiger partial charge in [0.05, 0.1) is 2.74 Å². The van der Waals surface area contributed by atoms with E-state index in [1.807, 2.05) is 0 Å². The molecule has 0 saturated heterocycles. The summed E-state index contributed by atoms with van der Waals surface area (Å²) in [6, 6.07) is 0.905. The molecule has 0 aliphatic rings. The molecule has 152 valence electrons. The van der Waals surface area contributed by atoms with E-state index in [1.165, 1.54) is 11.1 Å². The highest BCUT2D eigenvalue weighted by Gasteiger charge is 1.95. The fourth-order valence-electron chi connectivity index (χ4n) is 1.27. The van der Waals surface area contributed by atoms with Gasteiger partial charge >= 0.3 is 0 Å². The summed E-state index contributed by atoms with van der Waals surface area (Å²) in [6.07, 6.45) is 3.43. The molecular weight excluding hydrogens is 312 g/mol. The molecule has 0 aromatic rings. The quantitative estimate of drug-likeness (QED) is 0.298. The van der Waals surface area contributed by atoms with Crippen LogP contribution in [0.15, 0.2) is 73.4 Å². The van der Waals surface area contributed by atoms with E-state index in [0.29, 0.717) is 42.7 Å². The van der Waals surface area contributed by atoms with E-state index in [0.717, 1.165) is 11.1 Å². The summed E-state index contributed by atoms with van der Waals surface area (Å²) in [7, 11) is 0. The van der Waals surface area contributed by atoms with Gasteiger partial charge in [0.15, 0.2) is 0 Å². The maximum Gasteiger partial charge on any atom is 0.0573 e. The van der Waals surface area contributed by atoms with E-state index < -0.39 is 0 Å². The number of rotatable bonds is 8. The topological polar surface area (TPSA) is 0 Å². The van der Waals surface area contributed by atoms with E-state index >= 15 is 0 Å². The Bertz CT molecular complexity index is 493. The summed E-state index contributed by atoms with van der Waals surface area (Å²) in [5.74, 6) is 1.54. The van der Waals surface area contributed by atoms with Crippen LogP contribution in [0, 0.1) is 17.8 Å². The van der Waals surface area contributed by atoms with E-state index in [2.05, 4.69) is 94.4 Å². The normalized spacial score (nSPS) is 10.1. The Kier molecular flexibility index (Phi) is 20.3. The fourth-order valence-corrected chi connectivity index (χ4v) is 1.27. The Labute approximate surface area is 170 Å². The van der Waals surface area contributed by atoms with Gasteiger partial charge in [-0.05, 0) is 44.4 Å². The Hall–Kier alpha value is -1.56. The third-order valence-electron chi connectivity index (χ3n) is 3.55. The Morgan fingerprint density at radius 1 is 0.769 bits per heavy atom. The average molecular weight is 363 g/mol. The lowest BCUT2D eigenvalue weighted by atomic mass is 10.0. The molecule has 0 bridgehead atoms. The van der Waals surface area contributed by atoms with Gasteiger partial charge in [0.1, 0.15) is 0 Å². The molecule has 0 fully saturated rings. The molecule has 0 spiro atoms. The van der Waals surface area contributed by atoms with Crippen LogP contribution in [-0.4, -0.2) is 0 Å². The van der Waals surface area contributed by atoms with Crippen molar-refractivity contribution < 1.29 is 2.74 Å². The van der Waals surface area contributed by atoms with Gasteiger partial charge in [-0.2, -0.15) is 0 Å².